The van der Waals surface area contributed by atoms with Crippen LogP contribution in [0.25, 0.3) is 21.3 Å². The zero-order valence-electron chi connectivity index (χ0n) is 8.21. The summed E-state index contributed by atoms with van der Waals surface area (Å²) in [6, 6.07) is 12.4. The highest BCUT2D eigenvalue weighted by Crippen LogP contribution is 2.29. The Bertz CT molecular complexity index is 682. The molecule has 0 N–H and O–H groups in total. The molecule has 0 atom stereocenters. The van der Waals surface area contributed by atoms with E-state index in [1.54, 1.807) is 20.7 Å². The maximum Gasteiger partial charge on any atom is 0.135 e. The van der Waals surface area contributed by atoms with Crippen LogP contribution in [0.15, 0.2) is 42.6 Å². The lowest BCUT2D eigenvalue weighted by Crippen LogP contribution is -1.79. The lowest BCUT2D eigenvalue weighted by Gasteiger charge is -1.99. The average molecular weight is 261 g/mol. The largest absolute Gasteiger partial charge is 0.244 e. The van der Waals surface area contributed by atoms with Gasteiger partial charge in [0.2, 0.25) is 0 Å². The second-order valence-corrected chi connectivity index (χ2v) is 6.19. The second-order valence-electron chi connectivity index (χ2n) is 3.40. The maximum absolute atomic E-state index is 5.29. The monoisotopic (exact) mass is 261 g/mol. The molecule has 0 saturated carbocycles. The standard InChI is InChI=1S/C12H7NS3/c14-12-10-6-9(7-13-11(10)15-16-12)8-4-2-1-3-5-8/h1-7H. The van der Waals surface area contributed by atoms with E-state index >= 15 is 0 Å². The van der Waals surface area contributed by atoms with Crippen molar-refractivity contribution in [2.24, 2.45) is 0 Å². The van der Waals surface area contributed by atoms with Crippen molar-refractivity contribution in [2.45, 2.75) is 0 Å². The van der Waals surface area contributed by atoms with Gasteiger partial charge in [-0.2, -0.15) is 0 Å². The van der Waals surface area contributed by atoms with Crippen LogP contribution in [0.4, 0.5) is 0 Å². The number of hydrogen-bond acceptors (Lipinski definition) is 4. The minimum Gasteiger partial charge on any atom is -0.244 e. The van der Waals surface area contributed by atoms with Crippen molar-refractivity contribution in [2.75, 3.05) is 0 Å². The molecule has 0 unspecified atom stereocenters. The van der Waals surface area contributed by atoms with Crippen LogP contribution in [0.2, 0.25) is 0 Å². The number of fused-ring (bicyclic) bond motifs is 1. The molecule has 0 bridgehead atoms. The first-order valence-electron chi connectivity index (χ1n) is 4.79. The summed E-state index contributed by atoms with van der Waals surface area (Å²) < 4.78 is 0.935. The van der Waals surface area contributed by atoms with Crippen molar-refractivity contribution >= 4 is 43.1 Å². The van der Waals surface area contributed by atoms with Crippen molar-refractivity contribution < 1.29 is 0 Å². The molecule has 0 amide bonds. The molecule has 2 heterocycles. The molecule has 0 aliphatic rings. The highest BCUT2D eigenvalue weighted by molar-refractivity contribution is 7.81. The molecule has 3 aromatic rings. The van der Waals surface area contributed by atoms with Crippen molar-refractivity contribution in [3.05, 3.63) is 46.4 Å². The first-order chi connectivity index (χ1) is 7.84. The van der Waals surface area contributed by atoms with E-state index in [4.69, 9.17) is 12.2 Å². The molecule has 0 radical (unpaired) electrons. The van der Waals surface area contributed by atoms with Crippen LogP contribution in [0.5, 0.6) is 0 Å². The fourth-order valence-corrected chi connectivity index (χ4v) is 4.04. The average Bonchev–Trinajstić information content (AvgIpc) is 2.72. The first kappa shape index (κ1) is 10.1. The summed E-state index contributed by atoms with van der Waals surface area (Å²) in [6.45, 7) is 0. The summed E-state index contributed by atoms with van der Waals surface area (Å²) in [5, 5.41) is 1.10. The minimum atomic E-state index is 0.935. The Labute approximate surface area is 105 Å². The van der Waals surface area contributed by atoms with Gasteiger partial charge in [-0.3, -0.25) is 0 Å². The van der Waals surface area contributed by atoms with Gasteiger partial charge < -0.3 is 0 Å². The molecule has 16 heavy (non-hydrogen) atoms. The van der Waals surface area contributed by atoms with Crippen LogP contribution in [-0.4, -0.2) is 4.98 Å². The van der Waals surface area contributed by atoms with Crippen LogP contribution in [0.3, 0.4) is 0 Å². The predicted octanol–water partition coefficient (Wildman–Crippen LogP) is 4.75. The molecule has 0 spiro atoms. The highest BCUT2D eigenvalue weighted by atomic mass is 32.9. The van der Waals surface area contributed by atoms with Gasteiger partial charge in [0.1, 0.15) is 8.65 Å². The van der Waals surface area contributed by atoms with Gasteiger partial charge in [0.15, 0.2) is 0 Å². The van der Waals surface area contributed by atoms with E-state index in [-0.39, 0.29) is 0 Å². The van der Waals surface area contributed by atoms with E-state index in [0.717, 1.165) is 19.6 Å². The Kier molecular flexibility index (Phi) is 2.55. The molecular formula is C12H7NS3. The highest BCUT2D eigenvalue weighted by Gasteiger charge is 2.03. The topological polar surface area (TPSA) is 12.9 Å². The molecule has 0 aliphatic carbocycles. The SMILES string of the molecule is S=c1ssc2ncc(-c3ccccc3)cc12. The number of aromatic nitrogens is 1. The lowest BCUT2D eigenvalue weighted by molar-refractivity contribution is 1.44. The van der Waals surface area contributed by atoms with E-state index in [9.17, 15) is 0 Å². The van der Waals surface area contributed by atoms with E-state index in [2.05, 4.69) is 23.2 Å². The summed E-state index contributed by atoms with van der Waals surface area (Å²) in [5.41, 5.74) is 2.31. The molecule has 1 nitrogen and oxygen atoms in total. The van der Waals surface area contributed by atoms with E-state index in [1.807, 2.05) is 24.4 Å². The Hall–Kier alpha value is -1.10. The van der Waals surface area contributed by atoms with Crippen LogP contribution >= 0.6 is 32.9 Å². The van der Waals surface area contributed by atoms with Gasteiger partial charge >= 0.3 is 0 Å². The summed E-state index contributed by atoms with van der Waals surface area (Å²) in [6.07, 6.45) is 1.91. The van der Waals surface area contributed by atoms with Gasteiger partial charge in [-0.25, -0.2) is 4.98 Å². The third kappa shape index (κ3) is 1.69. The number of hydrogen-bond donors (Lipinski definition) is 0. The van der Waals surface area contributed by atoms with E-state index in [0.29, 0.717) is 0 Å². The molecular weight excluding hydrogens is 254 g/mol. The van der Waals surface area contributed by atoms with Crippen molar-refractivity contribution in [1.29, 1.82) is 0 Å². The normalized spacial score (nSPS) is 10.8. The van der Waals surface area contributed by atoms with Crippen molar-refractivity contribution in [3.8, 4) is 11.1 Å². The van der Waals surface area contributed by atoms with Gasteiger partial charge in [0.05, 0.1) is 0 Å². The summed E-state index contributed by atoms with van der Waals surface area (Å²) >= 11 is 5.29. The molecule has 4 heteroatoms. The summed E-state index contributed by atoms with van der Waals surface area (Å²) in [7, 11) is 3.26. The minimum absolute atomic E-state index is 0.935. The number of pyridine rings is 1. The molecule has 0 fully saturated rings. The quantitative estimate of drug-likeness (QED) is 0.463. The van der Waals surface area contributed by atoms with Gasteiger partial charge in [-0.1, -0.05) is 63.2 Å². The van der Waals surface area contributed by atoms with Gasteiger partial charge in [-0.15, -0.1) is 0 Å². The Balaban J connectivity index is 2.26. The molecule has 3 rings (SSSR count). The third-order valence-electron chi connectivity index (χ3n) is 2.37. The number of rotatable bonds is 1. The Morgan fingerprint density at radius 1 is 1.00 bits per heavy atom. The van der Waals surface area contributed by atoms with Crippen molar-refractivity contribution in [3.63, 3.8) is 0 Å². The van der Waals surface area contributed by atoms with Crippen LogP contribution in [-0.2, 0) is 0 Å². The van der Waals surface area contributed by atoms with Crippen LogP contribution in [0, 0.1) is 3.82 Å². The molecule has 0 aliphatic heterocycles. The van der Waals surface area contributed by atoms with E-state index < -0.39 is 0 Å². The second kappa shape index (κ2) is 4.05. The fourth-order valence-electron chi connectivity index (χ4n) is 1.58. The number of benzene rings is 1. The Morgan fingerprint density at radius 2 is 1.81 bits per heavy atom. The van der Waals surface area contributed by atoms with Gasteiger partial charge in [-0.05, 0) is 11.6 Å². The van der Waals surface area contributed by atoms with Crippen LogP contribution in [0.1, 0.15) is 0 Å². The third-order valence-corrected chi connectivity index (χ3v) is 5.32. The smallest absolute Gasteiger partial charge is 0.135 e. The molecule has 1 aromatic carbocycles. The zero-order chi connectivity index (χ0) is 11.0. The lowest BCUT2D eigenvalue weighted by atomic mass is 10.1. The molecule has 2 aromatic heterocycles. The van der Waals surface area contributed by atoms with Crippen LogP contribution < -0.4 is 0 Å². The number of nitrogens with zero attached hydrogens (tertiary/aromatic N) is 1. The zero-order valence-corrected chi connectivity index (χ0v) is 10.7. The fraction of sp³-hybridized carbons (Fsp3) is 0. The van der Waals surface area contributed by atoms with Crippen molar-refractivity contribution in [1.82, 2.24) is 4.98 Å². The predicted molar refractivity (Wildman–Crippen MR) is 73.8 cm³/mol. The summed E-state index contributed by atoms with van der Waals surface area (Å²) in [5.74, 6) is 0. The first-order valence-corrected chi connectivity index (χ1v) is 7.35. The molecule has 78 valence electrons. The summed E-state index contributed by atoms with van der Waals surface area (Å²) in [4.78, 5) is 5.48. The van der Waals surface area contributed by atoms with Gasteiger partial charge in [0, 0.05) is 17.1 Å². The van der Waals surface area contributed by atoms with Gasteiger partial charge in [0.25, 0.3) is 0 Å². The Morgan fingerprint density at radius 3 is 2.62 bits per heavy atom. The van der Waals surface area contributed by atoms with E-state index in [1.165, 1.54) is 5.56 Å². The maximum atomic E-state index is 5.29. The molecule has 0 saturated heterocycles.